The first kappa shape index (κ1) is 17.3. The van der Waals surface area contributed by atoms with E-state index in [2.05, 4.69) is 10.1 Å². The van der Waals surface area contributed by atoms with Crippen molar-refractivity contribution in [3.05, 3.63) is 42.0 Å². The topological polar surface area (TPSA) is 63.5 Å². The molecular formula is C18H25N5O2. The number of amides is 2. The molecule has 0 radical (unpaired) electrons. The van der Waals surface area contributed by atoms with Crippen molar-refractivity contribution in [3.8, 4) is 5.75 Å². The SMILES string of the molecule is COc1ccc(Cn2ncnc2C2CCN(C(=O)N(C)C)CC2)cc1. The summed E-state index contributed by atoms with van der Waals surface area (Å²) in [7, 11) is 5.25. The highest BCUT2D eigenvalue weighted by atomic mass is 16.5. The Kier molecular flexibility index (Phi) is 5.21. The number of hydrogen-bond acceptors (Lipinski definition) is 4. The summed E-state index contributed by atoms with van der Waals surface area (Å²) in [6, 6.07) is 8.08. The number of aromatic nitrogens is 3. The van der Waals surface area contributed by atoms with Crippen molar-refractivity contribution in [1.82, 2.24) is 24.6 Å². The monoisotopic (exact) mass is 343 g/mol. The Morgan fingerprint density at radius 1 is 1.24 bits per heavy atom. The molecule has 134 valence electrons. The highest BCUT2D eigenvalue weighted by Gasteiger charge is 2.27. The summed E-state index contributed by atoms with van der Waals surface area (Å²) < 4.78 is 7.17. The van der Waals surface area contributed by atoms with Crippen LogP contribution < -0.4 is 4.74 Å². The Bertz CT molecular complexity index is 703. The number of methoxy groups -OCH3 is 1. The van der Waals surface area contributed by atoms with Gasteiger partial charge in [-0.15, -0.1) is 0 Å². The van der Waals surface area contributed by atoms with Crippen molar-refractivity contribution in [2.45, 2.75) is 25.3 Å². The van der Waals surface area contributed by atoms with Gasteiger partial charge in [0, 0.05) is 33.1 Å². The molecule has 2 heterocycles. The van der Waals surface area contributed by atoms with E-state index in [9.17, 15) is 4.79 Å². The zero-order valence-electron chi connectivity index (χ0n) is 15.1. The van der Waals surface area contributed by atoms with Crippen LogP contribution in [0.2, 0.25) is 0 Å². The van der Waals surface area contributed by atoms with E-state index in [-0.39, 0.29) is 6.03 Å². The van der Waals surface area contributed by atoms with Crippen LogP contribution in [0, 0.1) is 0 Å². The molecule has 0 N–H and O–H groups in total. The molecule has 0 bridgehead atoms. The number of likely N-dealkylation sites (tertiary alicyclic amines) is 1. The van der Waals surface area contributed by atoms with Crippen molar-refractivity contribution in [3.63, 3.8) is 0 Å². The predicted molar refractivity (Wildman–Crippen MR) is 94.7 cm³/mol. The zero-order chi connectivity index (χ0) is 17.8. The first-order valence-corrected chi connectivity index (χ1v) is 8.55. The van der Waals surface area contributed by atoms with Gasteiger partial charge in [-0.25, -0.2) is 14.5 Å². The van der Waals surface area contributed by atoms with Crippen LogP contribution in [-0.4, -0.2) is 64.9 Å². The maximum atomic E-state index is 12.1. The van der Waals surface area contributed by atoms with Crippen LogP contribution >= 0.6 is 0 Å². The van der Waals surface area contributed by atoms with Crippen LogP contribution in [0.5, 0.6) is 5.75 Å². The van der Waals surface area contributed by atoms with Gasteiger partial charge >= 0.3 is 6.03 Å². The molecule has 2 amide bonds. The Morgan fingerprint density at radius 3 is 2.52 bits per heavy atom. The fourth-order valence-corrected chi connectivity index (χ4v) is 3.23. The number of rotatable bonds is 4. The van der Waals surface area contributed by atoms with Crippen molar-refractivity contribution in [2.75, 3.05) is 34.3 Å². The van der Waals surface area contributed by atoms with Gasteiger partial charge < -0.3 is 14.5 Å². The van der Waals surface area contributed by atoms with Gasteiger partial charge in [0.15, 0.2) is 0 Å². The molecule has 1 aliphatic heterocycles. The molecule has 1 aromatic carbocycles. The van der Waals surface area contributed by atoms with Gasteiger partial charge in [0.05, 0.1) is 13.7 Å². The van der Waals surface area contributed by atoms with Crippen LogP contribution in [0.15, 0.2) is 30.6 Å². The number of urea groups is 1. The molecule has 0 unspecified atom stereocenters. The standard InChI is InChI=1S/C18H25N5O2/c1-21(2)18(24)22-10-8-15(9-11-22)17-19-13-20-23(17)12-14-4-6-16(25-3)7-5-14/h4-7,13,15H,8-12H2,1-3H3. The summed E-state index contributed by atoms with van der Waals surface area (Å²) in [5.41, 5.74) is 1.16. The highest BCUT2D eigenvalue weighted by Crippen LogP contribution is 2.27. The molecule has 1 fully saturated rings. The van der Waals surface area contributed by atoms with E-state index in [1.807, 2.05) is 33.8 Å². The smallest absolute Gasteiger partial charge is 0.319 e. The van der Waals surface area contributed by atoms with E-state index >= 15 is 0 Å². The largest absolute Gasteiger partial charge is 0.497 e. The molecule has 0 aliphatic carbocycles. The molecule has 7 nitrogen and oxygen atoms in total. The zero-order valence-corrected chi connectivity index (χ0v) is 15.1. The average Bonchev–Trinajstić information content (AvgIpc) is 3.10. The highest BCUT2D eigenvalue weighted by molar-refractivity contribution is 5.73. The second-order valence-electron chi connectivity index (χ2n) is 6.56. The third-order valence-electron chi connectivity index (χ3n) is 4.65. The Labute approximate surface area is 148 Å². The summed E-state index contributed by atoms with van der Waals surface area (Å²) in [5.74, 6) is 2.19. The third kappa shape index (κ3) is 3.92. The van der Waals surface area contributed by atoms with Gasteiger partial charge in [-0.3, -0.25) is 0 Å². The molecule has 1 saturated heterocycles. The Hall–Kier alpha value is -2.57. The van der Waals surface area contributed by atoms with Crippen molar-refractivity contribution in [1.29, 1.82) is 0 Å². The Morgan fingerprint density at radius 2 is 1.92 bits per heavy atom. The lowest BCUT2D eigenvalue weighted by molar-refractivity contribution is 0.155. The molecule has 0 saturated carbocycles. The minimum atomic E-state index is 0.0816. The van der Waals surface area contributed by atoms with Gasteiger partial charge in [-0.2, -0.15) is 5.10 Å². The lowest BCUT2D eigenvalue weighted by Crippen LogP contribution is -2.43. The lowest BCUT2D eigenvalue weighted by atomic mass is 9.96. The summed E-state index contributed by atoms with van der Waals surface area (Å²) >= 11 is 0. The quantitative estimate of drug-likeness (QED) is 0.854. The van der Waals surface area contributed by atoms with Gasteiger partial charge in [0.1, 0.15) is 17.9 Å². The van der Waals surface area contributed by atoms with Gasteiger partial charge in [-0.05, 0) is 30.5 Å². The molecule has 25 heavy (non-hydrogen) atoms. The third-order valence-corrected chi connectivity index (χ3v) is 4.65. The van der Waals surface area contributed by atoms with E-state index in [1.54, 1.807) is 32.4 Å². The number of nitrogens with zero attached hydrogens (tertiary/aromatic N) is 5. The van der Waals surface area contributed by atoms with Crippen LogP contribution in [0.4, 0.5) is 4.79 Å². The molecule has 1 aliphatic rings. The van der Waals surface area contributed by atoms with Crippen molar-refractivity contribution < 1.29 is 9.53 Å². The number of hydrogen-bond donors (Lipinski definition) is 0. The molecule has 7 heteroatoms. The van der Waals surface area contributed by atoms with E-state index in [0.717, 1.165) is 43.1 Å². The van der Waals surface area contributed by atoms with E-state index in [0.29, 0.717) is 12.5 Å². The van der Waals surface area contributed by atoms with E-state index in [4.69, 9.17) is 4.74 Å². The molecule has 3 rings (SSSR count). The summed E-state index contributed by atoms with van der Waals surface area (Å²) in [4.78, 5) is 20.1. The maximum absolute atomic E-state index is 12.1. The number of carbonyl (C=O) groups excluding carboxylic acids is 1. The van der Waals surface area contributed by atoms with Crippen molar-refractivity contribution >= 4 is 6.03 Å². The second kappa shape index (κ2) is 7.55. The first-order valence-electron chi connectivity index (χ1n) is 8.55. The molecule has 2 aromatic rings. The fourth-order valence-electron chi connectivity index (χ4n) is 3.23. The maximum Gasteiger partial charge on any atom is 0.319 e. The van der Waals surface area contributed by atoms with Crippen molar-refractivity contribution in [2.24, 2.45) is 0 Å². The number of benzene rings is 1. The van der Waals surface area contributed by atoms with E-state index in [1.165, 1.54) is 0 Å². The normalized spacial score (nSPS) is 15.2. The average molecular weight is 343 g/mol. The Balaban J connectivity index is 1.65. The summed E-state index contributed by atoms with van der Waals surface area (Å²) in [5, 5.41) is 4.40. The van der Waals surface area contributed by atoms with Gasteiger partial charge in [-0.1, -0.05) is 12.1 Å². The summed E-state index contributed by atoms with van der Waals surface area (Å²) in [6.45, 7) is 2.21. The molecular weight excluding hydrogens is 318 g/mol. The number of piperidine rings is 1. The van der Waals surface area contributed by atoms with Crippen LogP contribution in [-0.2, 0) is 6.54 Å². The molecule has 0 atom stereocenters. The van der Waals surface area contributed by atoms with Gasteiger partial charge in [0.2, 0.25) is 0 Å². The van der Waals surface area contributed by atoms with Crippen LogP contribution in [0.1, 0.15) is 30.1 Å². The first-order chi connectivity index (χ1) is 12.1. The number of carbonyl (C=O) groups is 1. The predicted octanol–water partition coefficient (Wildman–Crippen LogP) is 2.20. The molecule has 1 aromatic heterocycles. The number of ether oxygens (including phenoxy) is 1. The second-order valence-corrected chi connectivity index (χ2v) is 6.56. The van der Waals surface area contributed by atoms with E-state index < -0.39 is 0 Å². The van der Waals surface area contributed by atoms with Crippen LogP contribution in [0.25, 0.3) is 0 Å². The lowest BCUT2D eigenvalue weighted by Gasteiger charge is -2.33. The molecule has 0 spiro atoms. The van der Waals surface area contributed by atoms with Crippen LogP contribution in [0.3, 0.4) is 0 Å². The fraction of sp³-hybridized carbons (Fsp3) is 0.500. The minimum absolute atomic E-state index is 0.0816. The summed E-state index contributed by atoms with van der Waals surface area (Å²) in [6.07, 6.45) is 3.46. The van der Waals surface area contributed by atoms with Gasteiger partial charge in [0.25, 0.3) is 0 Å². The minimum Gasteiger partial charge on any atom is -0.497 e.